The van der Waals surface area contributed by atoms with E-state index in [9.17, 15) is 12.8 Å². The van der Waals surface area contributed by atoms with Crippen molar-refractivity contribution in [2.24, 2.45) is 0 Å². The Hall–Kier alpha value is -0.620. The summed E-state index contributed by atoms with van der Waals surface area (Å²) in [5.41, 5.74) is 0.293. The quantitative estimate of drug-likeness (QED) is 0.917. The van der Waals surface area contributed by atoms with Crippen LogP contribution in [0.3, 0.4) is 0 Å². The monoisotopic (exact) mass is 337 g/mol. The van der Waals surface area contributed by atoms with Crippen LogP contribution in [-0.4, -0.2) is 25.5 Å². The molecule has 0 saturated heterocycles. The Morgan fingerprint density at radius 3 is 2.44 bits per heavy atom. The van der Waals surface area contributed by atoms with E-state index in [0.29, 0.717) is 10.2 Å². The van der Waals surface area contributed by atoms with Crippen LogP contribution in [0.5, 0.6) is 0 Å². The lowest BCUT2D eigenvalue weighted by Gasteiger charge is -2.19. The number of para-hydroxylation sites is 1. The molecular formula is C12H17BrFNO2S. The van der Waals surface area contributed by atoms with Gasteiger partial charge in [-0.3, -0.25) is 0 Å². The molecule has 0 spiro atoms. The summed E-state index contributed by atoms with van der Waals surface area (Å²) < 4.78 is 37.0. The van der Waals surface area contributed by atoms with Crippen molar-refractivity contribution in [3.63, 3.8) is 0 Å². The van der Waals surface area contributed by atoms with Gasteiger partial charge in [0.15, 0.2) is 9.84 Å². The zero-order valence-electron chi connectivity index (χ0n) is 10.6. The van der Waals surface area contributed by atoms with E-state index >= 15 is 0 Å². The van der Waals surface area contributed by atoms with Crippen LogP contribution < -0.4 is 5.32 Å². The summed E-state index contributed by atoms with van der Waals surface area (Å²) in [5, 5.41) is 2.81. The predicted molar refractivity (Wildman–Crippen MR) is 76.1 cm³/mol. The van der Waals surface area contributed by atoms with Crippen LogP contribution in [0.4, 0.5) is 10.1 Å². The van der Waals surface area contributed by atoms with Gasteiger partial charge in [-0.05, 0) is 48.8 Å². The third kappa shape index (κ3) is 3.68. The molecule has 1 aromatic carbocycles. The number of rotatable bonds is 4. The van der Waals surface area contributed by atoms with Gasteiger partial charge in [0.05, 0.1) is 16.2 Å². The molecule has 3 nitrogen and oxygen atoms in total. The van der Waals surface area contributed by atoms with Crippen LogP contribution in [0.15, 0.2) is 22.7 Å². The molecule has 102 valence electrons. The first kappa shape index (κ1) is 15.4. The highest BCUT2D eigenvalue weighted by Gasteiger charge is 2.28. The second kappa shape index (κ2) is 5.57. The van der Waals surface area contributed by atoms with Gasteiger partial charge in [0.2, 0.25) is 0 Å². The van der Waals surface area contributed by atoms with Gasteiger partial charge in [-0.25, -0.2) is 12.8 Å². The first-order valence-corrected chi connectivity index (χ1v) is 8.00. The molecule has 0 heterocycles. The molecule has 0 unspecified atom stereocenters. The summed E-state index contributed by atoms with van der Waals surface area (Å²) in [6.07, 6.45) is 0. The number of halogens is 2. The molecule has 0 radical (unpaired) electrons. The van der Waals surface area contributed by atoms with E-state index in [1.807, 2.05) is 0 Å². The highest BCUT2D eigenvalue weighted by molar-refractivity contribution is 9.10. The van der Waals surface area contributed by atoms with Crippen molar-refractivity contribution >= 4 is 31.5 Å². The van der Waals surface area contributed by atoms with E-state index in [-0.39, 0.29) is 12.3 Å². The molecule has 0 aliphatic carbocycles. The minimum Gasteiger partial charge on any atom is -0.381 e. The smallest absolute Gasteiger partial charge is 0.156 e. The summed E-state index contributed by atoms with van der Waals surface area (Å²) in [5.74, 6) is -0.436. The van der Waals surface area contributed by atoms with E-state index < -0.39 is 20.4 Å². The van der Waals surface area contributed by atoms with Gasteiger partial charge in [0, 0.05) is 11.0 Å². The molecule has 0 fully saturated rings. The van der Waals surface area contributed by atoms with Crippen molar-refractivity contribution in [2.75, 3.05) is 17.6 Å². The van der Waals surface area contributed by atoms with Gasteiger partial charge in [-0.1, -0.05) is 6.07 Å². The third-order valence-corrected chi connectivity index (χ3v) is 5.84. The van der Waals surface area contributed by atoms with E-state index in [1.54, 1.807) is 32.9 Å². The molecule has 0 aromatic heterocycles. The van der Waals surface area contributed by atoms with E-state index in [0.717, 1.165) is 0 Å². The van der Waals surface area contributed by atoms with Crippen molar-refractivity contribution in [2.45, 2.75) is 25.5 Å². The van der Waals surface area contributed by atoms with Crippen LogP contribution in [0.25, 0.3) is 0 Å². The first-order chi connectivity index (χ1) is 8.15. The zero-order chi connectivity index (χ0) is 14.0. The van der Waals surface area contributed by atoms with Gasteiger partial charge in [-0.2, -0.15) is 0 Å². The van der Waals surface area contributed by atoms with E-state index in [2.05, 4.69) is 21.2 Å². The first-order valence-electron chi connectivity index (χ1n) is 5.55. The molecule has 18 heavy (non-hydrogen) atoms. The van der Waals surface area contributed by atoms with Crippen LogP contribution in [0, 0.1) is 5.82 Å². The average molecular weight is 338 g/mol. The fourth-order valence-electron chi connectivity index (χ4n) is 1.28. The fourth-order valence-corrected chi connectivity index (χ4v) is 2.75. The summed E-state index contributed by atoms with van der Waals surface area (Å²) >= 11 is 3.22. The summed E-state index contributed by atoms with van der Waals surface area (Å²) in [6, 6.07) is 4.60. The molecule has 0 aliphatic rings. The van der Waals surface area contributed by atoms with Gasteiger partial charge < -0.3 is 5.32 Å². The Morgan fingerprint density at radius 1 is 1.33 bits per heavy atom. The minimum atomic E-state index is -3.19. The van der Waals surface area contributed by atoms with Crippen molar-refractivity contribution < 1.29 is 12.8 Å². The maximum atomic E-state index is 13.5. The Bertz CT molecular complexity index is 503. The Balaban J connectivity index is 2.69. The van der Waals surface area contributed by atoms with Crippen molar-refractivity contribution in [3.8, 4) is 0 Å². The van der Waals surface area contributed by atoms with Crippen LogP contribution in [-0.2, 0) is 9.84 Å². The highest BCUT2D eigenvalue weighted by atomic mass is 79.9. The van der Waals surface area contributed by atoms with Gasteiger partial charge in [0.1, 0.15) is 5.82 Å². The SMILES string of the molecule is CC(C)(C)S(=O)(=O)CCNc1c(F)cccc1Br. The predicted octanol–water partition coefficient (Wildman–Crippen LogP) is 3.21. The Morgan fingerprint density at radius 2 is 1.94 bits per heavy atom. The molecule has 0 amide bonds. The maximum absolute atomic E-state index is 13.5. The van der Waals surface area contributed by atoms with Crippen LogP contribution in [0.1, 0.15) is 20.8 Å². The molecule has 1 aromatic rings. The van der Waals surface area contributed by atoms with E-state index in [4.69, 9.17) is 0 Å². The average Bonchev–Trinajstić information content (AvgIpc) is 2.20. The number of nitrogens with one attached hydrogen (secondary N) is 1. The molecule has 0 atom stereocenters. The number of sulfone groups is 1. The van der Waals surface area contributed by atoms with Crippen LogP contribution >= 0.6 is 15.9 Å². The number of hydrogen-bond acceptors (Lipinski definition) is 3. The summed E-state index contributed by atoms with van der Waals surface area (Å²) in [7, 11) is -3.19. The molecule has 0 aliphatic heterocycles. The van der Waals surface area contributed by atoms with Crippen LogP contribution in [0.2, 0.25) is 0 Å². The van der Waals surface area contributed by atoms with Gasteiger partial charge >= 0.3 is 0 Å². The normalized spacial score (nSPS) is 12.5. The standard InChI is InChI=1S/C12H17BrFNO2S/c1-12(2,3)18(16,17)8-7-15-11-9(13)5-4-6-10(11)14/h4-6,15H,7-8H2,1-3H3. The second-order valence-electron chi connectivity index (χ2n) is 4.95. The lowest BCUT2D eigenvalue weighted by molar-refractivity contribution is 0.560. The molecule has 1 N–H and O–H groups in total. The number of hydrogen-bond donors (Lipinski definition) is 1. The number of anilines is 1. The summed E-state index contributed by atoms with van der Waals surface area (Å²) in [4.78, 5) is 0. The zero-order valence-corrected chi connectivity index (χ0v) is 13.0. The molecular weight excluding hydrogens is 321 g/mol. The third-order valence-electron chi connectivity index (χ3n) is 2.57. The minimum absolute atomic E-state index is 0.0305. The lowest BCUT2D eigenvalue weighted by atomic mass is 10.3. The maximum Gasteiger partial charge on any atom is 0.156 e. The second-order valence-corrected chi connectivity index (χ2v) is 8.67. The Kier molecular flexibility index (Phi) is 4.78. The summed E-state index contributed by atoms with van der Waals surface area (Å²) in [6.45, 7) is 5.14. The fraction of sp³-hybridized carbons (Fsp3) is 0.500. The molecule has 0 saturated carbocycles. The largest absolute Gasteiger partial charge is 0.381 e. The highest BCUT2D eigenvalue weighted by Crippen LogP contribution is 2.25. The van der Waals surface area contributed by atoms with Crippen molar-refractivity contribution in [1.29, 1.82) is 0 Å². The number of benzene rings is 1. The van der Waals surface area contributed by atoms with Gasteiger partial charge in [-0.15, -0.1) is 0 Å². The van der Waals surface area contributed by atoms with Crippen molar-refractivity contribution in [1.82, 2.24) is 0 Å². The Labute approximate surface area is 116 Å². The van der Waals surface area contributed by atoms with E-state index in [1.165, 1.54) is 6.07 Å². The topological polar surface area (TPSA) is 46.2 Å². The van der Waals surface area contributed by atoms with Crippen molar-refractivity contribution in [3.05, 3.63) is 28.5 Å². The van der Waals surface area contributed by atoms with Gasteiger partial charge in [0.25, 0.3) is 0 Å². The molecule has 1 rings (SSSR count). The molecule has 6 heteroatoms. The lowest BCUT2D eigenvalue weighted by Crippen LogP contribution is -2.33. The molecule has 0 bridgehead atoms.